The molecule has 70 valence electrons. The molecule has 0 aliphatic heterocycles. The van der Waals surface area contributed by atoms with Gasteiger partial charge in [-0.25, -0.2) is 0 Å². The summed E-state index contributed by atoms with van der Waals surface area (Å²) in [4.78, 5) is 0. The molecule has 0 N–H and O–H groups in total. The molecule has 0 aromatic carbocycles. The van der Waals surface area contributed by atoms with Gasteiger partial charge >= 0.3 is 45.5 Å². The number of hydrogen-bond donors (Lipinski definition) is 0. The summed E-state index contributed by atoms with van der Waals surface area (Å²) >= 11 is 0. The number of hydrogen-bond acceptors (Lipinski definition) is 0. The van der Waals surface area contributed by atoms with Crippen LogP contribution in [0.25, 0.3) is 0 Å². The minimum Gasteiger partial charge on any atom is 0 e. The SMILES string of the molecule is [Mn].[Mo].[Nb].[Ni].[Rh].[Ru].[Sc].[SrH2].[Tc].[Ti].[Y].[Zr]. The van der Waals surface area contributed by atoms with E-state index in [0.29, 0.717) is 0 Å². The molecule has 0 fully saturated rings. The van der Waals surface area contributed by atoms with Gasteiger partial charge in [0, 0.05) is 243 Å². The van der Waals surface area contributed by atoms with Gasteiger partial charge in [0.05, 0.1) is 0 Å². The zero-order valence-corrected chi connectivity index (χ0v) is 25.0. The minimum atomic E-state index is 0. The molecule has 0 aliphatic carbocycles. The van der Waals surface area contributed by atoms with Gasteiger partial charge in [0.2, 0.25) is 0 Å². The predicted molar refractivity (Wildman–Crippen MR) is 8.54 cm³/mol. The third kappa shape index (κ3) is 74.4. The van der Waals surface area contributed by atoms with Crippen LogP contribution in [0.5, 0.6) is 0 Å². The van der Waals surface area contributed by atoms with E-state index < -0.39 is 0 Å². The molecule has 6 radical (unpaired) electrons. The molecule has 0 amide bonds. The van der Waals surface area contributed by atoms with Crippen molar-refractivity contribution in [3.63, 3.8) is 0 Å². The van der Waals surface area contributed by atoms with E-state index in [4.69, 9.17) is 0 Å². The molecular formula is H2MnMoNbNiRhRuScSrTcTiYZr. The standard InChI is InChI=1S/Mn.Mo.Nb.Ni.Rh.Ru.Sc.Sr.Tc.Ti.Y.Zr.2H. The Kier molecular flexibility index (Phi) is 731. The molecule has 0 aromatic rings. The summed E-state index contributed by atoms with van der Waals surface area (Å²) in [6, 6.07) is 0. The van der Waals surface area contributed by atoms with Gasteiger partial charge in [-0.2, -0.15) is 0 Å². The third-order valence-corrected chi connectivity index (χ3v) is 0. The summed E-state index contributed by atoms with van der Waals surface area (Å²) in [6.45, 7) is 0. The van der Waals surface area contributed by atoms with Gasteiger partial charge < -0.3 is 0 Å². The fourth-order valence-electron chi connectivity index (χ4n) is 0. The van der Waals surface area contributed by atoms with E-state index in [-0.39, 0.29) is 288 Å². The molecule has 0 aliphatic rings. The van der Waals surface area contributed by atoms with Crippen LogP contribution in [-0.2, 0) is 243 Å². The molecule has 0 bridgehead atoms. The van der Waals surface area contributed by atoms with Crippen LogP contribution in [0.1, 0.15) is 0 Å². The molecule has 0 atom stereocenters. The van der Waals surface area contributed by atoms with Gasteiger partial charge in [0.15, 0.2) is 0 Å². The summed E-state index contributed by atoms with van der Waals surface area (Å²) < 4.78 is 0. The fourth-order valence-corrected chi connectivity index (χ4v) is 0. The molecule has 12 heteroatoms. The van der Waals surface area contributed by atoms with Crippen molar-refractivity contribution in [2.45, 2.75) is 0 Å². The Morgan fingerprint density at radius 3 is 1.00 bits per heavy atom. The topological polar surface area (TPSA) is 0 Å². The summed E-state index contributed by atoms with van der Waals surface area (Å²) in [5, 5.41) is 0. The molecule has 0 rings (SSSR count). The zero-order valence-electron chi connectivity index (χ0n) is 4.77. The maximum atomic E-state index is 0. The average molecular weight is 967 g/mol. The van der Waals surface area contributed by atoms with Gasteiger partial charge in [-0.05, 0) is 0 Å². The maximum absolute atomic E-state index is 0. The first-order valence-corrected chi connectivity index (χ1v) is 0. The van der Waals surface area contributed by atoms with Crippen molar-refractivity contribution < 1.29 is 243 Å². The Bertz CT molecular complexity index is 43.0. The van der Waals surface area contributed by atoms with Crippen molar-refractivity contribution in [3.8, 4) is 0 Å². The first-order valence-electron chi connectivity index (χ1n) is 0. The molecule has 0 heterocycles. The summed E-state index contributed by atoms with van der Waals surface area (Å²) in [5.74, 6) is 0. The Morgan fingerprint density at radius 2 is 1.00 bits per heavy atom. The van der Waals surface area contributed by atoms with Crippen molar-refractivity contribution in [2.75, 3.05) is 0 Å². The van der Waals surface area contributed by atoms with E-state index in [0.717, 1.165) is 0 Å². The van der Waals surface area contributed by atoms with Crippen molar-refractivity contribution in [2.24, 2.45) is 0 Å². The second-order valence-electron chi connectivity index (χ2n) is 0. The van der Waals surface area contributed by atoms with Crippen LogP contribution in [0.4, 0.5) is 0 Å². The second kappa shape index (κ2) is 86.9. The molecule has 0 aromatic heterocycles. The monoisotopic (exact) mass is 967 g/mol. The first-order chi connectivity index (χ1) is 0. The maximum Gasteiger partial charge on any atom is 0 e. The van der Waals surface area contributed by atoms with Crippen LogP contribution >= 0.6 is 0 Å². The van der Waals surface area contributed by atoms with Crippen LogP contribution < -0.4 is 0 Å². The van der Waals surface area contributed by atoms with Crippen molar-refractivity contribution in [1.82, 2.24) is 0 Å². The van der Waals surface area contributed by atoms with Crippen LogP contribution in [0.3, 0.4) is 0 Å². The summed E-state index contributed by atoms with van der Waals surface area (Å²) in [6.07, 6.45) is 0. The molecular weight excluding hydrogens is 965 g/mol. The smallest absolute Gasteiger partial charge is 0 e. The Morgan fingerprint density at radius 1 is 1.00 bits per heavy atom. The van der Waals surface area contributed by atoms with E-state index in [1.165, 1.54) is 0 Å². The van der Waals surface area contributed by atoms with Gasteiger partial charge in [-0.3, -0.25) is 0 Å². The van der Waals surface area contributed by atoms with E-state index in [1.807, 2.05) is 0 Å². The Hall–Kier alpha value is 9.39. The molecule has 0 nitrogen and oxygen atoms in total. The normalized spacial score (nSPS) is 0. The fraction of sp³-hybridized carbons (Fsp3) is 0. The van der Waals surface area contributed by atoms with Gasteiger partial charge in [-0.15, -0.1) is 0 Å². The van der Waals surface area contributed by atoms with Crippen molar-refractivity contribution in [3.05, 3.63) is 0 Å². The van der Waals surface area contributed by atoms with E-state index in [2.05, 4.69) is 0 Å². The largest absolute Gasteiger partial charge is 0 e. The Labute approximate surface area is 279 Å². The van der Waals surface area contributed by atoms with E-state index in [9.17, 15) is 0 Å². The summed E-state index contributed by atoms with van der Waals surface area (Å²) in [5.41, 5.74) is 0. The third-order valence-electron chi connectivity index (χ3n) is 0. The van der Waals surface area contributed by atoms with Gasteiger partial charge in [0.1, 0.15) is 0 Å². The first kappa shape index (κ1) is 101. The van der Waals surface area contributed by atoms with Crippen LogP contribution in [0.15, 0.2) is 0 Å². The zero-order chi connectivity index (χ0) is 0. The van der Waals surface area contributed by atoms with Gasteiger partial charge in [-0.1, -0.05) is 0 Å². The molecule has 0 saturated heterocycles. The van der Waals surface area contributed by atoms with Gasteiger partial charge in [0.25, 0.3) is 0 Å². The molecule has 12 heavy (non-hydrogen) atoms. The average Bonchev–Trinajstić information content (AvgIpc) is 0. The molecule has 0 saturated carbocycles. The van der Waals surface area contributed by atoms with Crippen molar-refractivity contribution in [1.29, 1.82) is 0 Å². The Balaban J connectivity index is 0. The van der Waals surface area contributed by atoms with E-state index >= 15 is 0 Å². The molecule has 0 spiro atoms. The van der Waals surface area contributed by atoms with Crippen LogP contribution in [0, 0.1) is 0 Å². The second-order valence-corrected chi connectivity index (χ2v) is 0. The predicted octanol–water partition coefficient (Wildman–Crippen LogP) is -0.944. The van der Waals surface area contributed by atoms with Crippen LogP contribution in [0.2, 0.25) is 0 Å². The molecule has 0 unspecified atom stereocenters. The van der Waals surface area contributed by atoms with E-state index in [1.54, 1.807) is 0 Å². The number of rotatable bonds is 0. The quantitative estimate of drug-likeness (QED) is 0.276. The minimum absolute atomic E-state index is 0. The van der Waals surface area contributed by atoms with Crippen LogP contribution in [-0.4, -0.2) is 45.5 Å². The summed E-state index contributed by atoms with van der Waals surface area (Å²) in [7, 11) is 0. The van der Waals surface area contributed by atoms with Crippen molar-refractivity contribution >= 4 is 45.5 Å².